The van der Waals surface area contributed by atoms with Crippen molar-refractivity contribution in [3.05, 3.63) is 169 Å². The topological polar surface area (TPSA) is 9.86 Å². The minimum atomic E-state index is -0.197. The van der Waals surface area contributed by atoms with Gasteiger partial charge in [0.25, 0.3) is 0 Å². The maximum Gasteiger partial charge on any atom is 0.0544 e. The largest absolute Gasteiger partial charge is 0.309 e. The van der Waals surface area contributed by atoms with Crippen LogP contribution in [0.1, 0.15) is 25.0 Å². The first-order chi connectivity index (χ1) is 23.1. The molecule has 2 heteroatoms. The van der Waals surface area contributed by atoms with E-state index in [1.54, 1.807) is 0 Å². The van der Waals surface area contributed by atoms with Crippen LogP contribution < -0.4 is 0 Å². The van der Waals surface area contributed by atoms with Crippen LogP contribution in [0, 0.1) is 0 Å². The molecule has 0 spiro atoms. The van der Waals surface area contributed by atoms with Crippen LogP contribution in [0.2, 0.25) is 0 Å². The number of fused-ring (bicyclic) bond motifs is 10. The van der Waals surface area contributed by atoms with Gasteiger partial charge in [0.2, 0.25) is 0 Å². The fourth-order valence-electron chi connectivity index (χ4n) is 8.41. The summed E-state index contributed by atoms with van der Waals surface area (Å²) in [5.41, 5.74) is 15.1. The normalized spacial score (nSPS) is 13.5. The van der Waals surface area contributed by atoms with Gasteiger partial charge in [-0.2, -0.15) is 0 Å². The van der Waals surface area contributed by atoms with Gasteiger partial charge >= 0.3 is 0 Å². The van der Waals surface area contributed by atoms with E-state index in [0.717, 1.165) is 0 Å². The molecule has 0 atom stereocenters. The van der Waals surface area contributed by atoms with E-state index in [2.05, 4.69) is 181 Å². The van der Waals surface area contributed by atoms with Gasteiger partial charge in [-0.3, -0.25) is 0 Å². The van der Waals surface area contributed by atoms with Crippen LogP contribution in [0.25, 0.3) is 77.2 Å². The first-order valence-corrected chi connectivity index (χ1v) is 16.5. The second-order valence-corrected chi connectivity index (χ2v) is 13.4. The maximum atomic E-state index is 2.49. The number of hydrogen-bond donors (Lipinski definition) is 0. The van der Waals surface area contributed by atoms with E-state index in [-0.39, 0.29) is 5.41 Å². The Morgan fingerprint density at radius 1 is 0.404 bits per heavy atom. The molecule has 0 radical (unpaired) electrons. The third kappa shape index (κ3) is 3.61. The van der Waals surface area contributed by atoms with E-state index in [4.69, 9.17) is 0 Å². The van der Waals surface area contributed by atoms with Gasteiger partial charge in [0.15, 0.2) is 0 Å². The Morgan fingerprint density at radius 2 is 1.02 bits per heavy atom. The minimum Gasteiger partial charge on any atom is -0.309 e. The zero-order valence-corrected chi connectivity index (χ0v) is 26.4. The number of rotatable bonds is 3. The van der Waals surface area contributed by atoms with E-state index in [1.807, 2.05) is 0 Å². The quantitative estimate of drug-likeness (QED) is 0.191. The molecular formula is C45H32N2. The average molecular weight is 601 g/mol. The smallest absolute Gasteiger partial charge is 0.0544 e. The summed E-state index contributed by atoms with van der Waals surface area (Å²) in [5.74, 6) is 0. The van der Waals surface area contributed by atoms with Gasteiger partial charge in [-0.15, -0.1) is 0 Å². The molecule has 7 aromatic carbocycles. The lowest BCUT2D eigenvalue weighted by Gasteiger charge is -2.23. The molecule has 2 nitrogen and oxygen atoms in total. The van der Waals surface area contributed by atoms with Crippen LogP contribution in [0.4, 0.5) is 0 Å². The Balaban J connectivity index is 1.26. The first kappa shape index (κ1) is 26.4. The molecule has 0 N–H and O–H groups in total. The summed E-state index contributed by atoms with van der Waals surface area (Å²) in [6.07, 6.45) is 0. The Kier molecular flexibility index (Phi) is 5.37. The molecule has 47 heavy (non-hydrogen) atoms. The highest BCUT2D eigenvalue weighted by molar-refractivity contribution is 6.16. The molecular weight excluding hydrogens is 569 g/mol. The average Bonchev–Trinajstić information content (AvgIpc) is 3.71. The Bertz CT molecular complexity index is 2690. The molecule has 0 fully saturated rings. The second-order valence-electron chi connectivity index (χ2n) is 13.4. The molecule has 1 aliphatic rings. The molecule has 9 aromatic rings. The van der Waals surface area contributed by atoms with Gasteiger partial charge in [-0.25, -0.2) is 0 Å². The van der Waals surface area contributed by atoms with Crippen molar-refractivity contribution in [2.45, 2.75) is 19.3 Å². The predicted octanol–water partition coefficient (Wildman–Crippen LogP) is 11.9. The highest BCUT2D eigenvalue weighted by Gasteiger charge is 2.39. The van der Waals surface area contributed by atoms with Crippen LogP contribution in [0.15, 0.2) is 158 Å². The monoisotopic (exact) mass is 600 g/mol. The van der Waals surface area contributed by atoms with Crippen molar-refractivity contribution < 1.29 is 0 Å². The van der Waals surface area contributed by atoms with Crippen LogP contribution in [0.3, 0.4) is 0 Å². The summed E-state index contributed by atoms with van der Waals surface area (Å²) in [5, 5.41) is 5.24. The van der Waals surface area contributed by atoms with E-state index < -0.39 is 0 Å². The summed E-state index contributed by atoms with van der Waals surface area (Å²) in [6.45, 7) is 4.83. The number of nitrogens with zero attached hydrogens (tertiary/aromatic N) is 2. The Labute approximate surface area is 273 Å². The second kappa shape index (κ2) is 9.57. The van der Waals surface area contributed by atoms with Crippen molar-refractivity contribution >= 4 is 43.6 Å². The molecule has 10 rings (SSSR count). The standard InChI is InChI=1S/C45H32N2/c1-45(2)38-28-42-37(33-20-9-11-22-39(33)47(42)32-19-13-16-30(26-32)29-14-5-3-6-15-29)27-36(38)34-24-25-41-43(44(34)45)35-21-10-12-23-40(35)46(41)31-17-7-4-8-18-31/h3-28H,1-2H3. The van der Waals surface area contributed by atoms with Crippen molar-refractivity contribution in [2.24, 2.45) is 0 Å². The molecule has 2 heterocycles. The lowest BCUT2D eigenvalue weighted by molar-refractivity contribution is 0.667. The van der Waals surface area contributed by atoms with Crippen molar-refractivity contribution in [1.29, 1.82) is 0 Å². The predicted molar refractivity (Wildman–Crippen MR) is 198 cm³/mol. The summed E-state index contributed by atoms with van der Waals surface area (Å²) in [4.78, 5) is 0. The molecule has 0 saturated heterocycles. The molecule has 0 saturated carbocycles. The van der Waals surface area contributed by atoms with Gasteiger partial charge in [-0.05, 0) is 88.0 Å². The SMILES string of the molecule is CC1(C)c2cc3c(cc2-c2ccc4c(c21)c1ccccc1n4-c1ccccc1)c1ccccc1n3-c1cccc(-c2ccccc2)c1. The molecule has 2 aromatic heterocycles. The van der Waals surface area contributed by atoms with Crippen molar-refractivity contribution in [2.75, 3.05) is 0 Å². The minimum absolute atomic E-state index is 0.197. The summed E-state index contributed by atoms with van der Waals surface area (Å²) >= 11 is 0. The highest BCUT2D eigenvalue weighted by atomic mass is 15.0. The lowest BCUT2D eigenvalue weighted by atomic mass is 9.80. The molecule has 0 bridgehead atoms. The lowest BCUT2D eigenvalue weighted by Crippen LogP contribution is -2.15. The Hall–Kier alpha value is -5.86. The van der Waals surface area contributed by atoms with E-state index >= 15 is 0 Å². The summed E-state index contributed by atoms with van der Waals surface area (Å²) < 4.78 is 4.90. The van der Waals surface area contributed by atoms with Crippen LogP contribution in [0.5, 0.6) is 0 Å². The zero-order chi connectivity index (χ0) is 31.3. The van der Waals surface area contributed by atoms with Crippen molar-refractivity contribution in [3.8, 4) is 33.6 Å². The third-order valence-electron chi connectivity index (χ3n) is 10.5. The number of para-hydroxylation sites is 3. The first-order valence-electron chi connectivity index (χ1n) is 16.5. The van der Waals surface area contributed by atoms with Crippen LogP contribution in [-0.4, -0.2) is 9.13 Å². The number of benzene rings is 7. The molecule has 0 amide bonds. The maximum absolute atomic E-state index is 2.49. The number of aromatic nitrogens is 2. The van der Waals surface area contributed by atoms with Gasteiger partial charge < -0.3 is 9.13 Å². The fraction of sp³-hybridized carbons (Fsp3) is 0.0667. The fourth-order valence-corrected chi connectivity index (χ4v) is 8.41. The zero-order valence-electron chi connectivity index (χ0n) is 26.4. The highest BCUT2D eigenvalue weighted by Crippen LogP contribution is 2.55. The van der Waals surface area contributed by atoms with Crippen molar-refractivity contribution in [3.63, 3.8) is 0 Å². The van der Waals surface area contributed by atoms with Gasteiger partial charge in [-0.1, -0.05) is 117 Å². The molecule has 1 aliphatic carbocycles. The molecule has 0 unspecified atom stereocenters. The number of hydrogen-bond acceptors (Lipinski definition) is 0. The van der Waals surface area contributed by atoms with Crippen LogP contribution >= 0.6 is 0 Å². The van der Waals surface area contributed by atoms with Crippen LogP contribution in [-0.2, 0) is 5.41 Å². The van der Waals surface area contributed by atoms with E-state index in [0.29, 0.717) is 0 Å². The van der Waals surface area contributed by atoms with Gasteiger partial charge in [0.05, 0.1) is 22.1 Å². The van der Waals surface area contributed by atoms with Gasteiger partial charge in [0, 0.05) is 38.3 Å². The van der Waals surface area contributed by atoms with Crippen molar-refractivity contribution in [1.82, 2.24) is 9.13 Å². The molecule has 222 valence electrons. The molecule has 0 aliphatic heterocycles. The summed E-state index contributed by atoms with van der Waals surface area (Å²) in [7, 11) is 0. The van der Waals surface area contributed by atoms with Gasteiger partial charge in [0.1, 0.15) is 0 Å². The summed E-state index contributed by atoms with van der Waals surface area (Å²) in [6, 6.07) is 57.8. The van der Waals surface area contributed by atoms with E-state index in [9.17, 15) is 0 Å². The Morgan fingerprint density at radius 3 is 1.81 bits per heavy atom. The van der Waals surface area contributed by atoms with E-state index in [1.165, 1.54) is 88.4 Å². The third-order valence-corrected chi connectivity index (χ3v) is 10.5.